The van der Waals surface area contributed by atoms with Gasteiger partial charge in [-0.1, -0.05) is 17.7 Å². The van der Waals surface area contributed by atoms with Crippen LogP contribution in [-0.4, -0.2) is 37.6 Å². The molecule has 1 amide bonds. The lowest BCUT2D eigenvalue weighted by Gasteiger charge is -2.16. The molecule has 1 fully saturated rings. The van der Waals surface area contributed by atoms with Crippen LogP contribution < -0.4 is 0 Å². The van der Waals surface area contributed by atoms with Gasteiger partial charge in [-0.2, -0.15) is 0 Å². The number of benzene rings is 1. The molecule has 1 aromatic rings. The normalized spacial score (nSPS) is 19.2. The predicted molar refractivity (Wildman–Crippen MR) is 71.4 cm³/mol. The van der Waals surface area contributed by atoms with E-state index < -0.39 is 0 Å². The minimum absolute atomic E-state index is 0.148. The van der Waals surface area contributed by atoms with E-state index >= 15 is 0 Å². The van der Waals surface area contributed by atoms with Crippen molar-refractivity contribution in [2.24, 2.45) is 5.92 Å². The first-order valence-corrected chi connectivity index (χ1v) is 6.62. The summed E-state index contributed by atoms with van der Waals surface area (Å²) < 4.78 is 18.7. The van der Waals surface area contributed by atoms with Crippen LogP contribution in [0.1, 0.15) is 17.5 Å². The van der Waals surface area contributed by atoms with Gasteiger partial charge >= 0.3 is 0 Å². The van der Waals surface area contributed by atoms with Crippen molar-refractivity contribution in [2.75, 3.05) is 26.8 Å². The van der Waals surface area contributed by atoms with E-state index in [1.807, 2.05) is 17.9 Å². The van der Waals surface area contributed by atoms with Crippen molar-refractivity contribution in [2.45, 2.75) is 19.8 Å². The minimum Gasteiger partial charge on any atom is -0.383 e. The fourth-order valence-electron chi connectivity index (χ4n) is 2.58. The fraction of sp³-hybridized carbons (Fsp3) is 0.533. The zero-order valence-corrected chi connectivity index (χ0v) is 11.5. The molecule has 1 aromatic carbocycles. The summed E-state index contributed by atoms with van der Waals surface area (Å²) in [4.78, 5) is 13.6. The number of hydrogen-bond donors (Lipinski definition) is 0. The summed E-state index contributed by atoms with van der Waals surface area (Å²) >= 11 is 0. The van der Waals surface area contributed by atoms with Crippen molar-refractivity contribution in [1.29, 1.82) is 0 Å². The highest BCUT2D eigenvalue weighted by molar-refractivity contribution is 5.78. The maximum Gasteiger partial charge on any atom is 0.223 e. The summed E-state index contributed by atoms with van der Waals surface area (Å²) in [6.07, 6.45) is 1.14. The first-order chi connectivity index (χ1) is 9.10. The van der Waals surface area contributed by atoms with Gasteiger partial charge < -0.3 is 9.64 Å². The van der Waals surface area contributed by atoms with Gasteiger partial charge in [-0.15, -0.1) is 0 Å². The van der Waals surface area contributed by atoms with E-state index in [9.17, 15) is 9.18 Å². The highest BCUT2D eigenvalue weighted by atomic mass is 19.1. The standard InChI is InChI=1S/C15H20FNO2/c1-11-3-4-14(16)13(7-11)8-12-9-15(18)17(10-12)5-6-19-2/h3-4,7,12H,5-6,8-10H2,1-2H3/t12-/m1/s1. The van der Waals surface area contributed by atoms with Crippen LogP contribution in [0.25, 0.3) is 0 Å². The Bertz CT molecular complexity index is 461. The summed E-state index contributed by atoms with van der Waals surface area (Å²) in [5, 5.41) is 0. The molecule has 0 radical (unpaired) electrons. The number of aryl methyl sites for hydroxylation is 1. The summed E-state index contributed by atoms with van der Waals surface area (Å²) in [7, 11) is 1.63. The number of carbonyl (C=O) groups excluding carboxylic acids is 1. The van der Waals surface area contributed by atoms with E-state index in [4.69, 9.17) is 4.74 Å². The number of likely N-dealkylation sites (tertiary alicyclic amines) is 1. The van der Waals surface area contributed by atoms with Crippen molar-refractivity contribution in [3.8, 4) is 0 Å². The molecule has 0 unspecified atom stereocenters. The van der Waals surface area contributed by atoms with Crippen LogP contribution in [0, 0.1) is 18.7 Å². The summed E-state index contributed by atoms with van der Waals surface area (Å²) in [5.74, 6) is 0.184. The second-order valence-electron chi connectivity index (χ2n) is 5.20. The molecule has 2 rings (SSSR count). The van der Waals surface area contributed by atoms with Gasteiger partial charge in [-0.3, -0.25) is 4.79 Å². The smallest absolute Gasteiger partial charge is 0.223 e. The molecule has 0 N–H and O–H groups in total. The van der Waals surface area contributed by atoms with E-state index in [2.05, 4.69) is 0 Å². The van der Waals surface area contributed by atoms with Crippen LogP contribution in [-0.2, 0) is 16.0 Å². The molecular formula is C15H20FNO2. The Morgan fingerprint density at radius 2 is 2.26 bits per heavy atom. The van der Waals surface area contributed by atoms with Crippen molar-refractivity contribution in [3.05, 3.63) is 35.1 Å². The zero-order chi connectivity index (χ0) is 13.8. The summed E-state index contributed by atoms with van der Waals surface area (Å²) in [5.41, 5.74) is 1.77. The molecule has 3 nitrogen and oxygen atoms in total. The Balaban J connectivity index is 1.97. The lowest BCUT2D eigenvalue weighted by molar-refractivity contribution is -0.128. The molecule has 0 aliphatic carbocycles. The Labute approximate surface area is 113 Å². The number of rotatable bonds is 5. The number of nitrogens with zero attached hydrogens (tertiary/aromatic N) is 1. The number of halogens is 1. The molecule has 0 spiro atoms. The molecule has 0 saturated carbocycles. The molecule has 1 heterocycles. The molecule has 104 valence electrons. The maximum absolute atomic E-state index is 13.7. The molecule has 0 bridgehead atoms. The second-order valence-corrected chi connectivity index (χ2v) is 5.20. The summed E-state index contributed by atoms with van der Waals surface area (Å²) in [6.45, 7) is 3.84. The van der Waals surface area contributed by atoms with Crippen molar-refractivity contribution < 1.29 is 13.9 Å². The van der Waals surface area contributed by atoms with Crippen molar-refractivity contribution >= 4 is 5.91 Å². The van der Waals surface area contributed by atoms with Crippen LogP contribution in [0.4, 0.5) is 4.39 Å². The van der Waals surface area contributed by atoms with E-state index in [0.29, 0.717) is 38.1 Å². The van der Waals surface area contributed by atoms with Gasteiger partial charge in [0.25, 0.3) is 0 Å². The predicted octanol–water partition coefficient (Wildman–Crippen LogP) is 2.17. The number of hydrogen-bond acceptors (Lipinski definition) is 2. The quantitative estimate of drug-likeness (QED) is 0.816. The van der Waals surface area contributed by atoms with Crippen LogP contribution in [0.5, 0.6) is 0 Å². The summed E-state index contributed by atoms with van der Waals surface area (Å²) in [6, 6.07) is 5.14. The van der Waals surface area contributed by atoms with Crippen LogP contribution in [0.2, 0.25) is 0 Å². The average Bonchev–Trinajstić information content (AvgIpc) is 2.72. The van der Waals surface area contributed by atoms with Crippen molar-refractivity contribution in [1.82, 2.24) is 4.90 Å². The highest BCUT2D eigenvalue weighted by Gasteiger charge is 2.29. The molecule has 4 heteroatoms. The monoisotopic (exact) mass is 265 g/mol. The Morgan fingerprint density at radius 1 is 1.47 bits per heavy atom. The number of amides is 1. The lowest BCUT2D eigenvalue weighted by atomic mass is 9.97. The Morgan fingerprint density at radius 3 is 3.00 bits per heavy atom. The topological polar surface area (TPSA) is 29.5 Å². The second kappa shape index (κ2) is 6.15. The number of methoxy groups -OCH3 is 1. The van der Waals surface area contributed by atoms with Crippen molar-refractivity contribution in [3.63, 3.8) is 0 Å². The molecule has 1 aliphatic rings. The third kappa shape index (κ3) is 3.53. The molecule has 1 aliphatic heterocycles. The highest BCUT2D eigenvalue weighted by Crippen LogP contribution is 2.23. The third-order valence-electron chi connectivity index (χ3n) is 3.57. The fourth-order valence-corrected chi connectivity index (χ4v) is 2.58. The van der Waals surface area contributed by atoms with Gasteiger partial charge in [0.1, 0.15) is 5.82 Å². The molecule has 1 atom stereocenters. The van der Waals surface area contributed by atoms with E-state index in [1.54, 1.807) is 13.2 Å². The minimum atomic E-state index is -0.173. The maximum atomic E-state index is 13.7. The SMILES string of the molecule is COCCN1C[C@H](Cc2cc(C)ccc2F)CC1=O. The molecule has 0 aromatic heterocycles. The van der Waals surface area contributed by atoms with Gasteiger partial charge in [0.15, 0.2) is 0 Å². The third-order valence-corrected chi connectivity index (χ3v) is 3.57. The molecule has 1 saturated heterocycles. The number of carbonyl (C=O) groups is 1. The van der Waals surface area contributed by atoms with Crippen LogP contribution >= 0.6 is 0 Å². The Hall–Kier alpha value is -1.42. The van der Waals surface area contributed by atoms with E-state index in [1.165, 1.54) is 6.07 Å². The average molecular weight is 265 g/mol. The zero-order valence-electron chi connectivity index (χ0n) is 11.5. The van der Waals surface area contributed by atoms with Gasteiger partial charge in [0.05, 0.1) is 6.61 Å². The van der Waals surface area contributed by atoms with Gasteiger partial charge in [-0.25, -0.2) is 4.39 Å². The first-order valence-electron chi connectivity index (χ1n) is 6.62. The van der Waals surface area contributed by atoms with Crippen LogP contribution in [0.15, 0.2) is 18.2 Å². The lowest BCUT2D eigenvalue weighted by Crippen LogP contribution is -2.28. The Kier molecular flexibility index (Phi) is 4.53. The van der Waals surface area contributed by atoms with Crippen LogP contribution in [0.3, 0.4) is 0 Å². The molecule has 19 heavy (non-hydrogen) atoms. The van der Waals surface area contributed by atoms with Gasteiger partial charge in [0.2, 0.25) is 5.91 Å². The first kappa shape index (κ1) is 14.0. The van der Waals surface area contributed by atoms with Gasteiger partial charge in [0, 0.05) is 26.6 Å². The molecular weight excluding hydrogens is 245 g/mol. The number of ether oxygens (including phenoxy) is 1. The van der Waals surface area contributed by atoms with Gasteiger partial charge in [-0.05, 0) is 30.9 Å². The largest absolute Gasteiger partial charge is 0.383 e. The van der Waals surface area contributed by atoms with E-state index in [-0.39, 0.29) is 17.6 Å². The van der Waals surface area contributed by atoms with E-state index in [0.717, 1.165) is 5.56 Å².